The second-order valence-corrected chi connectivity index (χ2v) is 9.35. The number of carboxylic acid groups (broad SMARTS) is 3. The Morgan fingerprint density at radius 2 is 1.42 bits per heavy atom. The Hall–Kier alpha value is -3.91. The van der Waals surface area contributed by atoms with Gasteiger partial charge in [0, 0.05) is 56.1 Å². The number of halogens is 10. The molecule has 3 atom stereocenters. The number of rotatable bonds is 5. The summed E-state index contributed by atoms with van der Waals surface area (Å²) in [5.41, 5.74) is 1.25. The molecule has 0 unspecified atom stereocenters. The van der Waals surface area contributed by atoms with E-state index in [1.54, 1.807) is 18.5 Å². The number of aromatic nitrogens is 2. The highest BCUT2D eigenvalue weighted by molar-refractivity contribution is 6.30. The standard InChI is InChI=1S/C18H20ClN3O2.3C2HF3O2/c19-15-4-16(7-21-6-15)23-11-14-12-24-18-10-22(9-17(14)18)8-13-2-1-3-20-5-13;3*3-2(4,5)1(6)7/h1-7,14,17-18H,8-12H2;3*(H,6,7)/t14-,17+,18+;;;/m0.../s1. The first-order valence-electron chi connectivity index (χ1n) is 12.0. The highest BCUT2D eigenvalue weighted by Gasteiger charge is 2.44. The molecule has 2 aromatic heterocycles. The van der Waals surface area contributed by atoms with Gasteiger partial charge in [0.1, 0.15) is 5.75 Å². The Kier molecular flexibility index (Phi) is 14.7. The summed E-state index contributed by atoms with van der Waals surface area (Å²) in [6.45, 7) is 4.36. The number of alkyl halides is 9. The molecule has 252 valence electrons. The van der Waals surface area contributed by atoms with Gasteiger partial charge in [0.2, 0.25) is 0 Å². The van der Waals surface area contributed by atoms with Crippen LogP contribution in [0.25, 0.3) is 0 Å². The van der Waals surface area contributed by atoms with Crippen molar-refractivity contribution < 1.29 is 78.7 Å². The maximum Gasteiger partial charge on any atom is 0.490 e. The van der Waals surface area contributed by atoms with Crippen molar-refractivity contribution in [3.8, 4) is 5.75 Å². The van der Waals surface area contributed by atoms with Crippen molar-refractivity contribution in [1.29, 1.82) is 0 Å². The SMILES string of the molecule is Clc1cncc(OC[C@H]2CO[C@@H]3CN(Cc4cccnc4)C[C@H]23)c1.O=C(O)C(F)(F)F.O=C(O)C(F)(F)F.O=C(O)C(F)(F)F. The third-order valence-corrected chi connectivity index (χ3v) is 5.72. The Labute approximate surface area is 252 Å². The van der Waals surface area contributed by atoms with E-state index in [2.05, 4.69) is 20.9 Å². The van der Waals surface area contributed by atoms with E-state index in [1.807, 2.05) is 18.5 Å². The summed E-state index contributed by atoms with van der Waals surface area (Å²) in [5, 5.41) is 22.0. The van der Waals surface area contributed by atoms with E-state index in [-0.39, 0.29) is 0 Å². The molecule has 0 bridgehead atoms. The monoisotopic (exact) mass is 687 g/mol. The van der Waals surface area contributed by atoms with E-state index >= 15 is 0 Å². The fourth-order valence-electron chi connectivity index (χ4n) is 3.61. The zero-order chi connectivity index (χ0) is 34.6. The third kappa shape index (κ3) is 15.1. The predicted molar refractivity (Wildman–Crippen MR) is 132 cm³/mol. The van der Waals surface area contributed by atoms with E-state index in [4.69, 9.17) is 50.8 Å². The summed E-state index contributed by atoms with van der Waals surface area (Å²) in [4.78, 5) is 37.4. The van der Waals surface area contributed by atoms with Gasteiger partial charge in [-0.15, -0.1) is 0 Å². The fraction of sp³-hybridized carbons (Fsp3) is 0.458. The van der Waals surface area contributed by atoms with Gasteiger partial charge < -0.3 is 24.8 Å². The quantitative estimate of drug-likeness (QED) is 0.379. The maximum absolute atomic E-state index is 10.6. The van der Waals surface area contributed by atoms with Crippen LogP contribution >= 0.6 is 11.6 Å². The number of ether oxygens (including phenoxy) is 2. The van der Waals surface area contributed by atoms with E-state index in [0.29, 0.717) is 29.6 Å². The van der Waals surface area contributed by atoms with Crippen molar-refractivity contribution in [2.45, 2.75) is 31.2 Å². The number of carbonyl (C=O) groups is 3. The molecule has 21 heteroatoms. The number of fused-ring (bicyclic) bond motifs is 1. The number of hydrogen-bond donors (Lipinski definition) is 3. The first-order chi connectivity index (χ1) is 20.6. The van der Waals surface area contributed by atoms with Gasteiger partial charge in [-0.25, -0.2) is 14.4 Å². The Morgan fingerprint density at radius 3 is 1.87 bits per heavy atom. The van der Waals surface area contributed by atoms with Crippen molar-refractivity contribution in [3.05, 3.63) is 53.6 Å². The van der Waals surface area contributed by atoms with Crippen molar-refractivity contribution in [2.24, 2.45) is 11.8 Å². The van der Waals surface area contributed by atoms with Crippen LogP contribution in [0.4, 0.5) is 39.5 Å². The van der Waals surface area contributed by atoms with Crippen LogP contribution in [-0.2, 0) is 25.7 Å². The van der Waals surface area contributed by atoms with Crippen LogP contribution in [0.1, 0.15) is 5.56 Å². The van der Waals surface area contributed by atoms with Gasteiger partial charge in [-0.2, -0.15) is 39.5 Å². The molecule has 45 heavy (non-hydrogen) atoms. The minimum Gasteiger partial charge on any atom is -0.492 e. The molecule has 11 nitrogen and oxygen atoms in total. The number of hydrogen-bond acceptors (Lipinski definition) is 8. The molecule has 0 radical (unpaired) electrons. The molecule has 4 rings (SSSR count). The van der Waals surface area contributed by atoms with E-state index in [1.165, 1.54) is 5.56 Å². The molecule has 0 aliphatic carbocycles. The molecule has 0 spiro atoms. The smallest absolute Gasteiger partial charge is 0.490 e. The Balaban J connectivity index is 0.000000396. The van der Waals surface area contributed by atoms with Crippen LogP contribution in [0, 0.1) is 11.8 Å². The minimum atomic E-state index is -5.08. The summed E-state index contributed by atoms with van der Waals surface area (Å²) < 4.78 is 107. The number of pyridine rings is 2. The Morgan fingerprint density at radius 1 is 0.889 bits per heavy atom. The van der Waals surface area contributed by atoms with Gasteiger partial charge in [-0.1, -0.05) is 17.7 Å². The molecule has 2 aliphatic heterocycles. The lowest BCUT2D eigenvalue weighted by Crippen LogP contribution is -2.26. The molecule has 2 aliphatic rings. The molecule has 0 aromatic carbocycles. The molecule has 2 saturated heterocycles. The van der Waals surface area contributed by atoms with Crippen molar-refractivity contribution in [2.75, 3.05) is 26.3 Å². The van der Waals surface area contributed by atoms with Gasteiger partial charge in [0.05, 0.1) is 30.5 Å². The minimum absolute atomic E-state index is 0.313. The van der Waals surface area contributed by atoms with Crippen LogP contribution in [-0.4, -0.2) is 99.0 Å². The number of carboxylic acids is 3. The topological polar surface area (TPSA) is 159 Å². The molecular formula is C24H23ClF9N3O8. The average Bonchev–Trinajstić information content (AvgIpc) is 3.48. The summed E-state index contributed by atoms with van der Waals surface area (Å²) in [6, 6.07) is 5.90. The van der Waals surface area contributed by atoms with Crippen molar-refractivity contribution >= 4 is 29.5 Å². The van der Waals surface area contributed by atoms with Gasteiger partial charge in [-0.3, -0.25) is 14.9 Å². The molecule has 4 heterocycles. The molecular weight excluding hydrogens is 665 g/mol. The van der Waals surface area contributed by atoms with E-state index in [9.17, 15) is 39.5 Å². The predicted octanol–water partition coefficient (Wildman–Crippen LogP) is 4.56. The lowest BCUT2D eigenvalue weighted by Gasteiger charge is -2.19. The van der Waals surface area contributed by atoms with Crippen LogP contribution in [0.2, 0.25) is 5.02 Å². The van der Waals surface area contributed by atoms with Gasteiger partial charge in [0.25, 0.3) is 0 Å². The second kappa shape index (κ2) is 17.0. The van der Waals surface area contributed by atoms with E-state index < -0.39 is 36.4 Å². The average molecular weight is 688 g/mol. The number of aliphatic carboxylic acids is 3. The zero-order valence-corrected chi connectivity index (χ0v) is 23.1. The highest BCUT2D eigenvalue weighted by atomic mass is 35.5. The molecule has 2 aromatic rings. The highest BCUT2D eigenvalue weighted by Crippen LogP contribution is 2.34. The second-order valence-electron chi connectivity index (χ2n) is 8.91. The van der Waals surface area contributed by atoms with Gasteiger partial charge in [-0.05, 0) is 11.6 Å². The van der Waals surface area contributed by atoms with Gasteiger partial charge in [0.15, 0.2) is 0 Å². The first kappa shape index (κ1) is 39.1. The fourth-order valence-corrected chi connectivity index (χ4v) is 3.77. The van der Waals surface area contributed by atoms with E-state index in [0.717, 1.165) is 32.0 Å². The maximum atomic E-state index is 10.6. The largest absolute Gasteiger partial charge is 0.492 e. The third-order valence-electron chi connectivity index (χ3n) is 5.51. The lowest BCUT2D eigenvalue weighted by molar-refractivity contribution is -0.193. The normalized spacial score (nSPS) is 19.4. The molecule has 3 N–H and O–H groups in total. The number of likely N-dealkylation sites (tertiary alicyclic amines) is 1. The first-order valence-corrected chi connectivity index (χ1v) is 12.4. The summed E-state index contributed by atoms with van der Waals surface area (Å²) in [7, 11) is 0. The molecule has 2 fully saturated rings. The Bertz CT molecular complexity index is 1190. The van der Waals surface area contributed by atoms with Crippen molar-refractivity contribution in [1.82, 2.24) is 14.9 Å². The molecule has 0 saturated carbocycles. The molecule has 0 amide bonds. The summed E-state index contributed by atoms with van der Waals surface area (Å²) >= 11 is 5.95. The van der Waals surface area contributed by atoms with Gasteiger partial charge >= 0.3 is 36.4 Å². The van der Waals surface area contributed by atoms with Crippen molar-refractivity contribution in [3.63, 3.8) is 0 Å². The van der Waals surface area contributed by atoms with Crippen LogP contribution in [0.15, 0.2) is 43.0 Å². The van der Waals surface area contributed by atoms with Crippen LogP contribution in [0.3, 0.4) is 0 Å². The number of nitrogens with zero attached hydrogens (tertiary/aromatic N) is 3. The van der Waals surface area contributed by atoms with Crippen LogP contribution in [0.5, 0.6) is 5.75 Å². The summed E-state index contributed by atoms with van der Waals surface area (Å²) in [5.74, 6) is -6.62. The zero-order valence-electron chi connectivity index (χ0n) is 22.3. The van der Waals surface area contributed by atoms with Crippen LogP contribution < -0.4 is 4.74 Å². The summed E-state index contributed by atoms with van der Waals surface area (Å²) in [6.07, 6.45) is -7.89. The lowest BCUT2D eigenvalue weighted by atomic mass is 9.94.